The predicted octanol–water partition coefficient (Wildman–Crippen LogP) is 2.35. The smallest absolute Gasteiger partial charge is 0.276 e. The van der Waals surface area contributed by atoms with Crippen molar-refractivity contribution >= 4 is 34.8 Å². The molecule has 5 heteroatoms. The number of benzene rings is 2. The molecule has 3 rings (SSSR count). The van der Waals surface area contributed by atoms with Crippen LogP contribution in [0.5, 0.6) is 0 Å². The molecule has 0 saturated carbocycles. The summed E-state index contributed by atoms with van der Waals surface area (Å²) in [6.07, 6.45) is 0. The summed E-state index contributed by atoms with van der Waals surface area (Å²) in [7, 11) is 0. The number of para-hydroxylation sites is 1. The second-order valence-electron chi connectivity index (χ2n) is 4.64. The lowest BCUT2D eigenvalue weighted by Crippen LogP contribution is -2.32. The van der Waals surface area contributed by atoms with E-state index in [2.05, 4.69) is 0 Å². The van der Waals surface area contributed by atoms with E-state index in [-0.39, 0.29) is 5.11 Å². The lowest BCUT2D eigenvalue weighted by atomic mass is 10.2. The van der Waals surface area contributed by atoms with Crippen LogP contribution in [0.15, 0.2) is 60.7 Å². The highest BCUT2D eigenvalue weighted by Gasteiger charge is 2.42. The summed E-state index contributed by atoms with van der Waals surface area (Å²) in [6, 6.07) is 18.4. The van der Waals surface area contributed by atoms with Gasteiger partial charge in [-0.2, -0.15) is 0 Å². The Morgan fingerprint density at radius 3 is 2.00 bits per heavy atom. The molecule has 0 radical (unpaired) electrons. The minimum Gasteiger partial charge on any atom is -0.276 e. The average molecular weight is 296 g/mol. The van der Waals surface area contributed by atoms with Crippen molar-refractivity contribution in [2.75, 3.05) is 4.90 Å². The fourth-order valence-corrected chi connectivity index (χ4v) is 2.55. The number of carbonyl (C=O) groups is 2. The molecule has 1 aliphatic heterocycles. The minimum atomic E-state index is -0.609. The largest absolute Gasteiger partial charge is 0.323 e. The van der Waals surface area contributed by atoms with Crippen molar-refractivity contribution in [2.45, 2.75) is 6.54 Å². The molecule has 1 heterocycles. The van der Waals surface area contributed by atoms with Gasteiger partial charge < -0.3 is 0 Å². The topological polar surface area (TPSA) is 40.6 Å². The summed E-state index contributed by atoms with van der Waals surface area (Å²) < 4.78 is 0. The molecule has 0 N–H and O–H groups in total. The van der Waals surface area contributed by atoms with Crippen molar-refractivity contribution in [1.29, 1.82) is 0 Å². The summed E-state index contributed by atoms with van der Waals surface area (Å²) in [5.41, 5.74) is 1.53. The van der Waals surface area contributed by atoms with Gasteiger partial charge in [0.15, 0.2) is 5.11 Å². The fraction of sp³-hybridized carbons (Fsp3) is 0.0625. The third kappa shape index (κ3) is 2.43. The standard InChI is InChI=1S/C16H12N2O2S/c19-14-15(20)18(13-9-5-2-6-10-13)16(21)17(14)11-12-7-3-1-4-8-12/h1-10H,11H2. The average Bonchev–Trinajstić information content (AvgIpc) is 2.73. The zero-order valence-corrected chi connectivity index (χ0v) is 11.9. The number of hydrogen-bond donors (Lipinski definition) is 0. The van der Waals surface area contributed by atoms with Crippen LogP contribution in [-0.2, 0) is 16.1 Å². The highest BCUT2D eigenvalue weighted by molar-refractivity contribution is 7.80. The molecule has 1 aliphatic rings. The second kappa shape index (κ2) is 5.46. The molecule has 0 aliphatic carbocycles. The first kappa shape index (κ1) is 13.5. The van der Waals surface area contributed by atoms with E-state index in [9.17, 15) is 9.59 Å². The van der Waals surface area contributed by atoms with E-state index in [0.29, 0.717) is 12.2 Å². The van der Waals surface area contributed by atoms with Crippen molar-refractivity contribution in [3.8, 4) is 0 Å². The SMILES string of the molecule is O=C1C(=O)N(c2ccccc2)C(=S)N1Cc1ccccc1. The predicted molar refractivity (Wildman–Crippen MR) is 83.5 cm³/mol. The van der Waals surface area contributed by atoms with E-state index in [0.717, 1.165) is 5.56 Å². The van der Waals surface area contributed by atoms with Gasteiger partial charge in [0, 0.05) is 0 Å². The van der Waals surface area contributed by atoms with Crippen molar-refractivity contribution in [3.05, 3.63) is 66.2 Å². The fourth-order valence-electron chi connectivity index (χ4n) is 2.22. The maximum atomic E-state index is 12.2. The normalized spacial score (nSPS) is 15.0. The van der Waals surface area contributed by atoms with Crippen LogP contribution >= 0.6 is 12.2 Å². The molecule has 2 aromatic rings. The van der Waals surface area contributed by atoms with Crippen molar-refractivity contribution < 1.29 is 9.59 Å². The summed E-state index contributed by atoms with van der Waals surface area (Å²) in [6.45, 7) is 0.299. The van der Waals surface area contributed by atoms with Gasteiger partial charge in [-0.15, -0.1) is 0 Å². The number of carbonyl (C=O) groups excluding carboxylic acids is 2. The summed E-state index contributed by atoms with van der Waals surface area (Å²) in [5, 5.41) is 0.222. The van der Waals surface area contributed by atoms with Crippen LogP contribution in [-0.4, -0.2) is 21.8 Å². The molecule has 0 unspecified atom stereocenters. The molecule has 0 spiro atoms. The zero-order chi connectivity index (χ0) is 14.8. The van der Waals surface area contributed by atoms with Gasteiger partial charge in [0.25, 0.3) is 0 Å². The van der Waals surface area contributed by atoms with E-state index >= 15 is 0 Å². The lowest BCUT2D eigenvalue weighted by molar-refractivity contribution is -0.139. The summed E-state index contributed by atoms with van der Waals surface area (Å²) >= 11 is 5.31. The van der Waals surface area contributed by atoms with Gasteiger partial charge in [-0.05, 0) is 29.9 Å². The Morgan fingerprint density at radius 2 is 1.38 bits per heavy atom. The number of thiocarbonyl (C=S) groups is 1. The Bertz CT molecular complexity index is 701. The molecule has 0 bridgehead atoms. The van der Waals surface area contributed by atoms with Crippen molar-refractivity contribution in [2.24, 2.45) is 0 Å². The number of anilines is 1. The Labute approximate surface area is 127 Å². The van der Waals surface area contributed by atoms with Gasteiger partial charge in [0.1, 0.15) is 0 Å². The maximum absolute atomic E-state index is 12.2. The molecular formula is C16H12N2O2S. The van der Waals surface area contributed by atoms with Gasteiger partial charge >= 0.3 is 11.8 Å². The number of nitrogens with zero attached hydrogens (tertiary/aromatic N) is 2. The Balaban J connectivity index is 1.89. The monoisotopic (exact) mass is 296 g/mol. The third-order valence-corrected chi connectivity index (χ3v) is 3.65. The molecule has 21 heavy (non-hydrogen) atoms. The van der Waals surface area contributed by atoms with Gasteiger partial charge in [-0.25, -0.2) is 4.90 Å². The minimum absolute atomic E-state index is 0.222. The first-order chi connectivity index (χ1) is 10.2. The van der Waals surface area contributed by atoms with Gasteiger partial charge in [-0.1, -0.05) is 48.5 Å². The number of hydrogen-bond acceptors (Lipinski definition) is 3. The quantitative estimate of drug-likeness (QED) is 0.645. The van der Waals surface area contributed by atoms with Crippen molar-refractivity contribution in [3.63, 3.8) is 0 Å². The molecule has 1 fully saturated rings. The first-order valence-electron chi connectivity index (χ1n) is 6.47. The Kier molecular flexibility index (Phi) is 3.50. The first-order valence-corrected chi connectivity index (χ1v) is 6.88. The summed E-state index contributed by atoms with van der Waals surface area (Å²) in [5.74, 6) is -1.20. The molecule has 104 valence electrons. The van der Waals surface area contributed by atoms with Gasteiger partial charge in [0.2, 0.25) is 0 Å². The molecule has 0 atom stereocenters. The van der Waals surface area contributed by atoms with Gasteiger partial charge in [0.05, 0.1) is 12.2 Å². The number of amides is 2. The molecular weight excluding hydrogens is 284 g/mol. The van der Waals surface area contributed by atoms with Crippen LogP contribution in [0, 0.1) is 0 Å². The summed E-state index contributed by atoms with van der Waals surface area (Å²) in [4.78, 5) is 26.9. The molecule has 1 saturated heterocycles. The lowest BCUT2D eigenvalue weighted by Gasteiger charge is -2.18. The van der Waals surface area contributed by atoms with Crippen LogP contribution in [0.25, 0.3) is 0 Å². The van der Waals surface area contributed by atoms with E-state index in [4.69, 9.17) is 12.2 Å². The Morgan fingerprint density at radius 1 is 0.810 bits per heavy atom. The van der Waals surface area contributed by atoms with E-state index < -0.39 is 11.8 Å². The molecule has 2 amide bonds. The Hall–Kier alpha value is -2.53. The molecule has 4 nitrogen and oxygen atoms in total. The second-order valence-corrected chi connectivity index (χ2v) is 5.00. The van der Waals surface area contributed by atoms with Crippen LogP contribution < -0.4 is 4.90 Å². The van der Waals surface area contributed by atoms with Gasteiger partial charge in [-0.3, -0.25) is 14.5 Å². The van der Waals surface area contributed by atoms with E-state index in [1.165, 1.54) is 9.80 Å². The van der Waals surface area contributed by atoms with Crippen LogP contribution in [0.1, 0.15) is 5.56 Å². The third-order valence-electron chi connectivity index (χ3n) is 3.25. The van der Waals surface area contributed by atoms with Crippen LogP contribution in [0.3, 0.4) is 0 Å². The maximum Gasteiger partial charge on any atom is 0.323 e. The molecule has 2 aromatic carbocycles. The van der Waals surface area contributed by atoms with Crippen molar-refractivity contribution in [1.82, 2.24) is 4.90 Å². The zero-order valence-electron chi connectivity index (χ0n) is 11.1. The van der Waals surface area contributed by atoms with Crippen LogP contribution in [0.2, 0.25) is 0 Å². The van der Waals surface area contributed by atoms with Crippen LogP contribution in [0.4, 0.5) is 5.69 Å². The highest BCUT2D eigenvalue weighted by atomic mass is 32.1. The molecule has 0 aromatic heterocycles. The van der Waals surface area contributed by atoms with E-state index in [1.807, 2.05) is 36.4 Å². The highest BCUT2D eigenvalue weighted by Crippen LogP contribution is 2.23. The van der Waals surface area contributed by atoms with E-state index in [1.54, 1.807) is 24.3 Å². The number of rotatable bonds is 3.